The number of nitrogens with zero attached hydrogens (tertiary/aromatic N) is 3. The van der Waals surface area contributed by atoms with E-state index in [9.17, 15) is 4.79 Å². The highest BCUT2D eigenvalue weighted by molar-refractivity contribution is 5.94. The molecule has 6 nitrogen and oxygen atoms in total. The van der Waals surface area contributed by atoms with Crippen molar-refractivity contribution in [3.8, 4) is 11.8 Å². The van der Waals surface area contributed by atoms with Gasteiger partial charge >= 0.3 is 0 Å². The number of aromatic nitrogens is 3. The van der Waals surface area contributed by atoms with Crippen molar-refractivity contribution in [2.45, 2.75) is 6.54 Å². The van der Waals surface area contributed by atoms with Crippen molar-refractivity contribution in [3.63, 3.8) is 0 Å². The van der Waals surface area contributed by atoms with Crippen molar-refractivity contribution < 1.29 is 9.90 Å². The van der Waals surface area contributed by atoms with Crippen LogP contribution in [0.15, 0.2) is 30.7 Å². The van der Waals surface area contributed by atoms with Crippen LogP contribution in [0.4, 0.5) is 0 Å². The number of aliphatic hydroxyl groups excluding tert-OH is 1. The van der Waals surface area contributed by atoms with E-state index in [1.807, 2.05) is 13.2 Å². The lowest BCUT2D eigenvalue weighted by atomic mass is 10.2. The predicted molar refractivity (Wildman–Crippen MR) is 72.6 cm³/mol. The molecular weight excluding hydrogens is 256 g/mol. The van der Waals surface area contributed by atoms with Crippen molar-refractivity contribution in [1.82, 2.24) is 20.1 Å². The Kier molecular flexibility index (Phi) is 4.47. The smallest absolute Gasteiger partial charge is 0.271 e. The van der Waals surface area contributed by atoms with Crippen molar-refractivity contribution in [1.29, 1.82) is 0 Å². The molecule has 20 heavy (non-hydrogen) atoms. The van der Waals surface area contributed by atoms with Crippen LogP contribution in [-0.2, 0) is 13.6 Å². The summed E-state index contributed by atoms with van der Waals surface area (Å²) in [5.74, 6) is 4.91. The Labute approximate surface area is 116 Å². The first kappa shape index (κ1) is 13.8. The first-order valence-electron chi connectivity index (χ1n) is 6.01. The van der Waals surface area contributed by atoms with Gasteiger partial charge < -0.3 is 10.4 Å². The molecule has 1 amide bonds. The molecule has 0 bridgehead atoms. The van der Waals surface area contributed by atoms with Gasteiger partial charge in [0.2, 0.25) is 0 Å². The van der Waals surface area contributed by atoms with E-state index in [2.05, 4.69) is 27.2 Å². The maximum absolute atomic E-state index is 12.1. The third kappa shape index (κ3) is 3.43. The highest BCUT2D eigenvalue weighted by Crippen LogP contribution is 2.04. The Morgan fingerprint density at radius 3 is 3.10 bits per heavy atom. The summed E-state index contributed by atoms with van der Waals surface area (Å²) in [7, 11) is 1.81. The summed E-state index contributed by atoms with van der Waals surface area (Å²) in [4.78, 5) is 16.1. The average molecular weight is 270 g/mol. The first-order chi connectivity index (χ1) is 9.70. The van der Waals surface area contributed by atoms with Gasteiger partial charge in [-0.25, -0.2) is 4.98 Å². The summed E-state index contributed by atoms with van der Waals surface area (Å²) in [6.07, 6.45) is 5.04. The summed E-state index contributed by atoms with van der Waals surface area (Å²) in [6, 6.07) is 3.38. The van der Waals surface area contributed by atoms with E-state index in [0.29, 0.717) is 12.1 Å². The van der Waals surface area contributed by atoms with E-state index in [-0.39, 0.29) is 18.2 Å². The van der Waals surface area contributed by atoms with Gasteiger partial charge in [-0.1, -0.05) is 11.8 Å². The van der Waals surface area contributed by atoms with Crippen LogP contribution >= 0.6 is 0 Å². The Bertz CT molecular complexity index is 667. The summed E-state index contributed by atoms with van der Waals surface area (Å²) in [5, 5.41) is 15.5. The van der Waals surface area contributed by atoms with Crippen LogP contribution < -0.4 is 5.32 Å². The monoisotopic (exact) mass is 270 g/mol. The number of hydrogen-bond acceptors (Lipinski definition) is 4. The molecule has 2 aromatic heterocycles. The third-order valence-electron chi connectivity index (χ3n) is 2.54. The van der Waals surface area contributed by atoms with E-state index in [0.717, 1.165) is 5.56 Å². The van der Waals surface area contributed by atoms with E-state index in [1.54, 1.807) is 23.0 Å². The molecule has 0 fully saturated rings. The van der Waals surface area contributed by atoms with Crippen molar-refractivity contribution >= 4 is 5.91 Å². The Hall–Kier alpha value is -2.65. The van der Waals surface area contributed by atoms with E-state index in [1.165, 1.54) is 6.20 Å². The number of aryl methyl sites for hydroxylation is 1. The molecule has 0 saturated heterocycles. The van der Waals surface area contributed by atoms with Crippen LogP contribution in [0.25, 0.3) is 0 Å². The molecule has 0 aliphatic carbocycles. The minimum absolute atomic E-state index is 0.248. The fourth-order valence-electron chi connectivity index (χ4n) is 1.65. The van der Waals surface area contributed by atoms with Crippen LogP contribution in [0, 0.1) is 11.8 Å². The van der Waals surface area contributed by atoms with E-state index in [4.69, 9.17) is 5.11 Å². The number of pyridine rings is 1. The molecule has 0 aromatic carbocycles. The van der Waals surface area contributed by atoms with Gasteiger partial charge in [-0.3, -0.25) is 9.48 Å². The number of aliphatic hydroxyl groups is 1. The molecule has 102 valence electrons. The number of carbonyl (C=O) groups excluding carboxylic acids is 1. The molecule has 0 aliphatic rings. The summed E-state index contributed by atoms with van der Waals surface area (Å²) < 4.78 is 1.67. The second-order valence-corrected chi connectivity index (χ2v) is 4.06. The fourth-order valence-corrected chi connectivity index (χ4v) is 1.65. The topological polar surface area (TPSA) is 80.0 Å². The molecule has 2 aromatic rings. The van der Waals surface area contributed by atoms with Crippen LogP contribution in [0.3, 0.4) is 0 Å². The Balaban J connectivity index is 2.09. The average Bonchev–Trinajstić information content (AvgIpc) is 2.88. The lowest BCUT2D eigenvalue weighted by Gasteiger charge is -2.04. The number of amides is 1. The van der Waals surface area contributed by atoms with Gasteiger partial charge in [0.25, 0.3) is 5.91 Å². The molecule has 0 saturated carbocycles. The normalized spacial score (nSPS) is 9.70. The van der Waals surface area contributed by atoms with E-state index >= 15 is 0 Å². The highest BCUT2D eigenvalue weighted by atomic mass is 16.2. The zero-order chi connectivity index (χ0) is 14.4. The fraction of sp³-hybridized carbons (Fsp3) is 0.214. The molecule has 0 radical (unpaired) electrons. The molecule has 2 heterocycles. The summed E-state index contributed by atoms with van der Waals surface area (Å²) in [6.45, 7) is 0.113. The van der Waals surface area contributed by atoms with Crippen molar-refractivity contribution in [2.75, 3.05) is 6.61 Å². The van der Waals surface area contributed by atoms with Crippen molar-refractivity contribution in [2.24, 2.45) is 7.05 Å². The second kappa shape index (κ2) is 6.50. The van der Waals surface area contributed by atoms with Crippen LogP contribution in [0.2, 0.25) is 0 Å². The highest BCUT2D eigenvalue weighted by Gasteiger charge is 2.11. The number of nitrogens with one attached hydrogen (secondary N) is 1. The third-order valence-corrected chi connectivity index (χ3v) is 2.54. The maximum atomic E-state index is 12.1. The SMILES string of the molecule is Cn1cc(CNC(=O)c2ncccc2C#CCO)cn1. The van der Waals surface area contributed by atoms with Gasteiger partial charge in [0.05, 0.1) is 11.8 Å². The van der Waals surface area contributed by atoms with Gasteiger partial charge in [-0.15, -0.1) is 0 Å². The molecule has 2 N–H and O–H groups in total. The van der Waals surface area contributed by atoms with Crippen LogP contribution in [0.1, 0.15) is 21.6 Å². The van der Waals surface area contributed by atoms with Crippen LogP contribution in [-0.4, -0.2) is 32.4 Å². The number of rotatable bonds is 3. The first-order valence-corrected chi connectivity index (χ1v) is 6.01. The second-order valence-electron chi connectivity index (χ2n) is 4.06. The molecular formula is C14H14N4O2. The largest absolute Gasteiger partial charge is 0.384 e. The molecule has 0 unspecified atom stereocenters. The van der Waals surface area contributed by atoms with Gasteiger partial charge in [-0.2, -0.15) is 5.10 Å². The minimum Gasteiger partial charge on any atom is -0.384 e. The standard InChI is InChI=1S/C14H14N4O2/c1-18-10-11(9-17-18)8-16-14(20)13-12(5-3-7-19)4-2-6-15-13/h2,4,6,9-10,19H,7-8H2,1H3,(H,16,20). The zero-order valence-corrected chi connectivity index (χ0v) is 11.0. The molecule has 0 aliphatic heterocycles. The Morgan fingerprint density at radius 1 is 1.55 bits per heavy atom. The minimum atomic E-state index is -0.309. The molecule has 6 heteroatoms. The maximum Gasteiger partial charge on any atom is 0.271 e. The molecule has 0 atom stereocenters. The van der Waals surface area contributed by atoms with Crippen molar-refractivity contribution in [3.05, 3.63) is 47.5 Å². The lowest BCUT2D eigenvalue weighted by Crippen LogP contribution is -2.24. The van der Waals surface area contributed by atoms with Gasteiger partial charge in [0.1, 0.15) is 12.3 Å². The zero-order valence-electron chi connectivity index (χ0n) is 11.0. The summed E-state index contributed by atoms with van der Waals surface area (Å²) >= 11 is 0. The Morgan fingerprint density at radius 2 is 2.40 bits per heavy atom. The van der Waals surface area contributed by atoms with Gasteiger partial charge in [0, 0.05) is 31.5 Å². The van der Waals surface area contributed by atoms with Crippen LogP contribution in [0.5, 0.6) is 0 Å². The lowest BCUT2D eigenvalue weighted by molar-refractivity contribution is 0.0945. The molecule has 0 spiro atoms. The predicted octanol–water partition coefficient (Wildman–Crippen LogP) is 0.0889. The van der Waals surface area contributed by atoms with Gasteiger partial charge in [0.15, 0.2) is 0 Å². The summed E-state index contributed by atoms with van der Waals surface area (Å²) in [5.41, 5.74) is 1.64. The molecule has 2 rings (SSSR count). The van der Waals surface area contributed by atoms with Gasteiger partial charge in [-0.05, 0) is 12.1 Å². The quantitative estimate of drug-likeness (QED) is 0.775. The number of hydrogen-bond donors (Lipinski definition) is 2. The van der Waals surface area contributed by atoms with E-state index < -0.39 is 0 Å². The number of carbonyl (C=O) groups is 1.